The Balaban J connectivity index is 2.41. The van der Waals surface area contributed by atoms with Gasteiger partial charge in [-0.1, -0.05) is 29.8 Å². The quantitative estimate of drug-likeness (QED) is 0.575. The summed E-state index contributed by atoms with van der Waals surface area (Å²) in [5.74, 6) is 0.0187. The van der Waals surface area contributed by atoms with Gasteiger partial charge in [-0.2, -0.15) is 0 Å². The summed E-state index contributed by atoms with van der Waals surface area (Å²) < 4.78 is 5.61. The van der Waals surface area contributed by atoms with E-state index in [2.05, 4.69) is 29.8 Å². The molecule has 2 aliphatic rings. The average molecular weight is 331 g/mol. The topological polar surface area (TPSA) is 43.4 Å². The zero-order chi connectivity index (χ0) is 14.7. The van der Waals surface area contributed by atoms with E-state index in [-0.39, 0.29) is 17.2 Å². The molecule has 2 bridgehead atoms. The normalized spacial score (nSPS) is 36.6. The van der Waals surface area contributed by atoms with Crippen molar-refractivity contribution in [2.45, 2.75) is 59.5 Å². The third kappa shape index (κ3) is 1.75. The Morgan fingerprint density at radius 1 is 1.32 bits per heavy atom. The van der Waals surface area contributed by atoms with Gasteiger partial charge in [0.05, 0.1) is 5.41 Å². The summed E-state index contributed by atoms with van der Waals surface area (Å²) >= 11 is 3.50. The summed E-state index contributed by atoms with van der Waals surface area (Å²) in [4.78, 5) is 25.1. The molecule has 108 valence electrons. The van der Waals surface area contributed by atoms with Crippen LogP contribution in [0.3, 0.4) is 0 Å². The van der Waals surface area contributed by atoms with Crippen LogP contribution in [0, 0.1) is 16.2 Å². The van der Waals surface area contributed by atoms with Crippen LogP contribution in [-0.2, 0) is 14.3 Å². The summed E-state index contributed by atoms with van der Waals surface area (Å²) in [6, 6.07) is 0. The number of fused-ring (bicyclic) bond motifs is 2. The minimum atomic E-state index is -0.634. The number of halogens is 1. The molecule has 3 nitrogen and oxygen atoms in total. The van der Waals surface area contributed by atoms with Crippen molar-refractivity contribution in [3.05, 3.63) is 0 Å². The number of hydrogen-bond donors (Lipinski definition) is 0. The van der Waals surface area contributed by atoms with E-state index in [1.807, 2.05) is 20.8 Å². The molecule has 2 saturated carbocycles. The smallest absolute Gasteiger partial charge is 0.313 e. The fourth-order valence-corrected chi connectivity index (χ4v) is 5.16. The number of carbonyl (C=O) groups excluding carboxylic acids is 2. The lowest BCUT2D eigenvalue weighted by Crippen LogP contribution is -2.45. The van der Waals surface area contributed by atoms with Gasteiger partial charge in [0.15, 0.2) is 0 Å². The van der Waals surface area contributed by atoms with E-state index in [9.17, 15) is 9.59 Å². The molecule has 0 aromatic heterocycles. The van der Waals surface area contributed by atoms with E-state index in [0.29, 0.717) is 11.8 Å². The van der Waals surface area contributed by atoms with Gasteiger partial charge in [0.25, 0.3) is 0 Å². The van der Waals surface area contributed by atoms with Crippen molar-refractivity contribution in [1.29, 1.82) is 0 Å². The van der Waals surface area contributed by atoms with Crippen molar-refractivity contribution in [3.8, 4) is 0 Å². The van der Waals surface area contributed by atoms with Crippen LogP contribution in [0.2, 0.25) is 0 Å². The Labute approximate surface area is 123 Å². The van der Waals surface area contributed by atoms with Gasteiger partial charge in [0.2, 0.25) is 0 Å². The van der Waals surface area contributed by atoms with Crippen molar-refractivity contribution >= 4 is 27.7 Å². The first kappa shape index (κ1) is 15.0. The third-order valence-corrected chi connectivity index (χ3v) is 6.34. The van der Waals surface area contributed by atoms with E-state index in [4.69, 9.17) is 4.74 Å². The Morgan fingerprint density at radius 3 is 2.26 bits per heavy atom. The summed E-state index contributed by atoms with van der Waals surface area (Å²) in [5, 5.41) is 0.635. The monoisotopic (exact) mass is 330 g/mol. The second-order valence-electron chi connectivity index (χ2n) is 7.52. The molecule has 2 atom stereocenters. The SMILES string of the molecule is CC(C)(C)OC(=O)[C@]12CC[C@](CBr)(C(=O)C1)C2(C)C. The Kier molecular flexibility index (Phi) is 3.21. The Hall–Kier alpha value is -0.380. The first-order chi connectivity index (χ1) is 8.52. The molecule has 0 spiro atoms. The van der Waals surface area contributed by atoms with Crippen molar-refractivity contribution < 1.29 is 14.3 Å². The van der Waals surface area contributed by atoms with Crippen LogP contribution in [0.25, 0.3) is 0 Å². The van der Waals surface area contributed by atoms with Crippen LogP contribution >= 0.6 is 15.9 Å². The number of esters is 1. The number of ether oxygens (including phenoxy) is 1. The van der Waals surface area contributed by atoms with E-state index < -0.39 is 16.4 Å². The fourth-order valence-electron chi connectivity index (χ4n) is 3.86. The van der Waals surface area contributed by atoms with Gasteiger partial charge in [0, 0.05) is 17.2 Å². The van der Waals surface area contributed by atoms with Crippen molar-refractivity contribution in [1.82, 2.24) is 0 Å². The number of rotatable bonds is 2. The van der Waals surface area contributed by atoms with Gasteiger partial charge in [-0.15, -0.1) is 0 Å². The highest BCUT2D eigenvalue weighted by Crippen LogP contribution is 2.71. The van der Waals surface area contributed by atoms with E-state index >= 15 is 0 Å². The second-order valence-corrected chi connectivity index (χ2v) is 8.09. The molecule has 0 aliphatic heterocycles. The molecule has 0 saturated heterocycles. The maximum absolute atomic E-state index is 12.7. The van der Waals surface area contributed by atoms with Crippen LogP contribution in [0.5, 0.6) is 0 Å². The maximum Gasteiger partial charge on any atom is 0.313 e. The molecule has 0 N–H and O–H groups in total. The molecule has 19 heavy (non-hydrogen) atoms. The van der Waals surface area contributed by atoms with Crippen LogP contribution in [0.1, 0.15) is 53.9 Å². The van der Waals surface area contributed by atoms with Gasteiger partial charge >= 0.3 is 5.97 Å². The molecular formula is C15H23BrO3. The molecule has 0 heterocycles. The highest BCUT2D eigenvalue weighted by Gasteiger charge is 2.74. The summed E-state index contributed by atoms with van der Waals surface area (Å²) in [5.41, 5.74) is -1.88. The predicted molar refractivity (Wildman–Crippen MR) is 77.1 cm³/mol. The van der Waals surface area contributed by atoms with Gasteiger partial charge in [-0.05, 0) is 39.0 Å². The molecular weight excluding hydrogens is 308 g/mol. The minimum absolute atomic E-state index is 0.196. The van der Waals surface area contributed by atoms with Crippen molar-refractivity contribution in [2.75, 3.05) is 5.33 Å². The first-order valence-electron chi connectivity index (χ1n) is 6.85. The zero-order valence-electron chi connectivity index (χ0n) is 12.4. The summed E-state index contributed by atoms with van der Waals surface area (Å²) in [7, 11) is 0. The zero-order valence-corrected chi connectivity index (χ0v) is 14.0. The summed E-state index contributed by atoms with van der Waals surface area (Å²) in [6.07, 6.45) is 1.87. The Bertz CT molecular complexity index is 435. The highest BCUT2D eigenvalue weighted by atomic mass is 79.9. The number of hydrogen-bond acceptors (Lipinski definition) is 3. The standard InChI is InChI=1S/C15H23BrO3/c1-12(2,3)19-11(18)14-6-7-15(9-16,10(17)8-14)13(14,4)5/h6-9H2,1-5H3/t14-,15-/m0/s1. The van der Waals surface area contributed by atoms with Crippen LogP contribution < -0.4 is 0 Å². The molecule has 0 aromatic rings. The molecule has 0 radical (unpaired) electrons. The van der Waals surface area contributed by atoms with Crippen LogP contribution in [-0.4, -0.2) is 22.7 Å². The van der Waals surface area contributed by atoms with Crippen molar-refractivity contribution in [2.24, 2.45) is 16.2 Å². The average Bonchev–Trinajstić information content (AvgIpc) is 2.57. The van der Waals surface area contributed by atoms with Crippen LogP contribution in [0.15, 0.2) is 0 Å². The lowest BCUT2D eigenvalue weighted by atomic mass is 9.65. The van der Waals surface area contributed by atoms with E-state index in [0.717, 1.165) is 12.8 Å². The van der Waals surface area contributed by atoms with Gasteiger partial charge in [-0.25, -0.2) is 0 Å². The number of Topliss-reactive ketones (excluding diaryl/α,β-unsaturated/α-hetero) is 1. The van der Waals surface area contributed by atoms with Crippen LogP contribution in [0.4, 0.5) is 0 Å². The molecule has 4 heteroatoms. The Morgan fingerprint density at radius 2 is 1.89 bits per heavy atom. The van der Waals surface area contributed by atoms with E-state index in [1.54, 1.807) is 0 Å². The molecule has 0 unspecified atom stereocenters. The maximum atomic E-state index is 12.7. The lowest BCUT2D eigenvalue weighted by molar-refractivity contribution is -0.173. The van der Waals surface area contributed by atoms with Gasteiger partial charge in [0.1, 0.15) is 11.4 Å². The fraction of sp³-hybridized carbons (Fsp3) is 0.867. The minimum Gasteiger partial charge on any atom is -0.460 e. The molecule has 0 amide bonds. The molecule has 2 aliphatic carbocycles. The predicted octanol–water partition coefficient (Wildman–Crippen LogP) is 3.49. The number of alkyl halides is 1. The lowest BCUT2D eigenvalue weighted by Gasteiger charge is -2.40. The number of carbonyl (C=O) groups is 2. The summed E-state index contributed by atoms with van der Waals surface area (Å²) in [6.45, 7) is 9.72. The number of ketones is 1. The largest absolute Gasteiger partial charge is 0.460 e. The van der Waals surface area contributed by atoms with Gasteiger partial charge in [-0.3, -0.25) is 9.59 Å². The third-order valence-electron chi connectivity index (χ3n) is 5.39. The van der Waals surface area contributed by atoms with Gasteiger partial charge < -0.3 is 4.74 Å². The molecule has 0 aromatic carbocycles. The highest BCUT2D eigenvalue weighted by molar-refractivity contribution is 9.09. The second kappa shape index (κ2) is 4.06. The first-order valence-corrected chi connectivity index (χ1v) is 7.97. The van der Waals surface area contributed by atoms with Crippen molar-refractivity contribution in [3.63, 3.8) is 0 Å². The van der Waals surface area contributed by atoms with E-state index in [1.165, 1.54) is 0 Å². The molecule has 2 fully saturated rings. The molecule has 2 rings (SSSR count).